The van der Waals surface area contributed by atoms with Crippen molar-refractivity contribution < 1.29 is 19.1 Å². The van der Waals surface area contributed by atoms with Gasteiger partial charge in [0.2, 0.25) is 0 Å². The summed E-state index contributed by atoms with van der Waals surface area (Å²) >= 11 is 0. The minimum Gasteiger partial charge on any atom is -0.493 e. The van der Waals surface area contributed by atoms with Crippen LogP contribution in [0.1, 0.15) is 35.7 Å². The molecule has 0 aliphatic rings. The van der Waals surface area contributed by atoms with Gasteiger partial charge in [-0.1, -0.05) is 50.3 Å². The van der Waals surface area contributed by atoms with E-state index in [0.29, 0.717) is 29.2 Å². The first-order chi connectivity index (χ1) is 11.7. The lowest BCUT2D eigenvalue weighted by Crippen LogP contribution is -2.08. The molecule has 0 fully saturated rings. The van der Waals surface area contributed by atoms with Crippen LogP contribution in [0.2, 0.25) is 0 Å². The molecule has 4 heteroatoms. The van der Waals surface area contributed by atoms with Crippen molar-refractivity contribution in [1.82, 2.24) is 0 Å². The van der Waals surface area contributed by atoms with Crippen LogP contribution in [-0.4, -0.2) is 18.4 Å². The second-order valence-electron chi connectivity index (χ2n) is 5.18. The Balaban J connectivity index is 2.32. The lowest BCUT2D eigenvalue weighted by molar-refractivity contribution is -0.128. The maximum Gasteiger partial charge on any atom is 0.335 e. The number of carbonyl (C=O) groups is 2. The third kappa shape index (κ3) is 4.56. The summed E-state index contributed by atoms with van der Waals surface area (Å²) in [7, 11) is 0. The van der Waals surface area contributed by atoms with Gasteiger partial charge in [0.25, 0.3) is 0 Å². The predicted octanol–water partition coefficient (Wildman–Crippen LogP) is 4.19. The molecule has 0 spiro atoms. The summed E-state index contributed by atoms with van der Waals surface area (Å²) in [6, 6.07) is 13.7. The van der Waals surface area contributed by atoms with E-state index in [0.717, 1.165) is 18.9 Å². The van der Waals surface area contributed by atoms with E-state index in [1.807, 2.05) is 18.2 Å². The molecular weight excluding hydrogens is 304 g/mol. The first kappa shape index (κ1) is 17.5. The van der Waals surface area contributed by atoms with E-state index in [4.69, 9.17) is 9.47 Å². The maximum atomic E-state index is 12.7. The van der Waals surface area contributed by atoms with Gasteiger partial charge in [-0.25, -0.2) is 4.79 Å². The average Bonchev–Trinajstić information content (AvgIpc) is 2.62. The topological polar surface area (TPSA) is 52.6 Å². The zero-order chi connectivity index (χ0) is 17.4. The third-order valence-corrected chi connectivity index (χ3v) is 3.37. The lowest BCUT2D eigenvalue weighted by atomic mass is 10.0. The number of hydrogen-bond acceptors (Lipinski definition) is 4. The summed E-state index contributed by atoms with van der Waals surface area (Å²) in [4.78, 5) is 24.0. The smallest absolute Gasteiger partial charge is 0.335 e. The molecule has 0 amide bonds. The summed E-state index contributed by atoms with van der Waals surface area (Å²) in [6.07, 6.45) is 2.93. The van der Waals surface area contributed by atoms with E-state index in [9.17, 15) is 9.59 Å². The Morgan fingerprint density at radius 1 is 1.12 bits per heavy atom. The largest absolute Gasteiger partial charge is 0.493 e. The van der Waals surface area contributed by atoms with Crippen LogP contribution in [0.15, 0.2) is 61.2 Å². The molecule has 0 radical (unpaired) electrons. The molecule has 124 valence electrons. The average molecular weight is 324 g/mol. The SMILES string of the molecule is C=CC(=O)Oc1ccc(C(=O)c2ccccc2)c(OCCCC)c1. The highest BCUT2D eigenvalue weighted by Gasteiger charge is 2.16. The summed E-state index contributed by atoms with van der Waals surface area (Å²) in [5.41, 5.74) is 1.02. The van der Waals surface area contributed by atoms with Crippen LogP contribution in [0.4, 0.5) is 0 Å². The highest BCUT2D eigenvalue weighted by atomic mass is 16.5. The maximum absolute atomic E-state index is 12.7. The van der Waals surface area contributed by atoms with Crippen molar-refractivity contribution in [2.75, 3.05) is 6.61 Å². The van der Waals surface area contributed by atoms with Crippen molar-refractivity contribution in [3.8, 4) is 11.5 Å². The second kappa shape index (κ2) is 8.67. The fourth-order valence-corrected chi connectivity index (χ4v) is 2.10. The van der Waals surface area contributed by atoms with Gasteiger partial charge in [0, 0.05) is 17.7 Å². The number of ketones is 1. The van der Waals surface area contributed by atoms with Gasteiger partial charge in [-0.15, -0.1) is 0 Å². The second-order valence-corrected chi connectivity index (χ2v) is 5.18. The minimum absolute atomic E-state index is 0.135. The number of esters is 1. The van der Waals surface area contributed by atoms with Crippen molar-refractivity contribution in [2.24, 2.45) is 0 Å². The van der Waals surface area contributed by atoms with Crippen LogP contribution in [0.5, 0.6) is 11.5 Å². The predicted molar refractivity (Wildman–Crippen MR) is 92.6 cm³/mol. The third-order valence-electron chi connectivity index (χ3n) is 3.37. The fraction of sp³-hybridized carbons (Fsp3) is 0.200. The molecule has 0 saturated heterocycles. The molecule has 2 aromatic rings. The number of hydrogen-bond donors (Lipinski definition) is 0. The minimum atomic E-state index is -0.559. The van der Waals surface area contributed by atoms with Crippen LogP contribution in [0.25, 0.3) is 0 Å². The number of carbonyl (C=O) groups excluding carboxylic acids is 2. The van der Waals surface area contributed by atoms with Crippen LogP contribution >= 0.6 is 0 Å². The zero-order valence-electron chi connectivity index (χ0n) is 13.7. The molecule has 0 atom stereocenters. The molecule has 2 aromatic carbocycles. The molecule has 0 bridgehead atoms. The fourth-order valence-electron chi connectivity index (χ4n) is 2.10. The molecule has 24 heavy (non-hydrogen) atoms. The van der Waals surface area contributed by atoms with Crippen molar-refractivity contribution >= 4 is 11.8 Å². The van der Waals surface area contributed by atoms with Gasteiger partial charge < -0.3 is 9.47 Å². The molecule has 0 saturated carbocycles. The molecule has 0 aliphatic heterocycles. The highest BCUT2D eigenvalue weighted by molar-refractivity contribution is 6.10. The molecule has 0 N–H and O–H groups in total. The van der Waals surface area contributed by atoms with Crippen LogP contribution in [0.3, 0.4) is 0 Å². The molecule has 0 aliphatic carbocycles. The molecule has 2 rings (SSSR count). The Labute approximate surface area is 141 Å². The first-order valence-corrected chi connectivity index (χ1v) is 7.86. The van der Waals surface area contributed by atoms with Gasteiger partial charge in [0.15, 0.2) is 5.78 Å². The van der Waals surface area contributed by atoms with Gasteiger partial charge in [0.1, 0.15) is 11.5 Å². The van der Waals surface area contributed by atoms with Gasteiger partial charge in [-0.3, -0.25) is 4.79 Å². The monoisotopic (exact) mass is 324 g/mol. The Morgan fingerprint density at radius 2 is 1.88 bits per heavy atom. The molecule has 0 heterocycles. The number of rotatable bonds is 8. The van der Waals surface area contributed by atoms with E-state index in [2.05, 4.69) is 13.5 Å². The number of ether oxygens (including phenoxy) is 2. The van der Waals surface area contributed by atoms with E-state index >= 15 is 0 Å². The van der Waals surface area contributed by atoms with E-state index < -0.39 is 5.97 Å². The van der Waals surface area contributed by atoms with E-state index in [-0.39, 0.29) is 5.78 Å². The Morgan fingerprint density at radius 3 is 2.54 bits per heavy atom. The van der Waals surface area contributed by atoms with Crippen molar-refractivity contribution in [2.45, 2.75) is 19.8 Å². The van der Waals surface area contributed by atoms with Crippen molar-refractivity contribution in [3.63, 3.8) is 0 Å². The Kier molecular flexibility index (Phi) is 6.32. The Hall–Kier alpha value is -2.88. The lowest BCUT2D eigenvalue weighted by Gasteiger charge is -2.12. The highest BCUT2D eigenvalue weighted by Crippen LogP contribution is 2.27. The first-order valence-electron chi connectivity index (χ1n) is 7.86. The van der Waals surface area contributed by atoms with Crippen molar-refractivity contribution in [1.29, 1.82) is 0 Å². The summed E-state index contributed by atoms with van der Waals surface area (Å²) in [5.74, 6) is 0.0306. The van der Waals surface area contributed by atoms with Crippen LogP contribution < -0.4 is 9.47 Å². The van der Waals surface area contributed by atoms with Gasteiger partial charge >= 0.3 is 5.97 Å². The van der Waals surface area contributed by atoms with Crippen LogP contribution in [0, 0.1) is 0 Å². The number of benzene rings is 2. The van der Waals surface area contributed by atoms with E-state index in [1.165, 1.54) is 0 Å². The number of unbranched alkanes of at least 4 members (excludes halogenated alkanes) is 1. The molecule has 4 nitrogen and oxygen atoms in total. The van der Waals surface area contributed by atoms with Gasteiger partial charge in [-0.2, -0.15) is 0 Å². The van der Waals surface area contributed by atoms with Crippen LogP contribution in [-0.2, 0) is 4.79 Å². The summed E-state index contributed by atoms with van der Waals surface area (Å²) < 4.78 is 10.8. The summed E-state index contributed by atoms with van der Waals surface area (Å²) in [6.45, 7) is 5.91. The van der Waals surface area contributed by atoms with Gasteiger partial charge in [-0.05, 0) is 18.6 Å². The Bertz CT molecular complexity index is 720. The molecule has 0 aromatic heterocycles. The molecular formula is C20H20O4. The summed E-state index contributed by atoms with van der Waals surface area (Å²) in [5, 5.41) is 0. The molecule has 0 unspecified atom stereocenters. The quantitative estimate of drug-likeness (QED) is 0.240. The normalized spacial score (nSPS) is 10.0. The van der Waals surface area contributed by atoms with Gasteiger partial charge in [0.05, 0.1) is 12.2 Å². The zero-order valence-corrected chi connectivity index (χ0v) is 13.7. The standard InChI is InChI=1S/C20H20O4/c1-3-5-13-23-18-14-16(24-19(21)4-2)11-12-17(18)20(22)15-9-7-6-8-10-15/h4,6-12,14H,2-3,5,13H2,1H3. The van der Waals surface area contributed by atoms with E-state index in [1.54, 1.807) is 30.3 Å². The van der Waals surface area contributed by atoms with Crippen molar-refractivity contribution in [3.05, 3.63) is 72.3 Å².